The fraction of sp³-hybridized carbons (Fsp3) is 0.0213. The van der Waals surface area contributed by atoms with Crippen LogP contribution in [0.5, 0.6) is 0 Å². The Morgan fingerprint density at radius 3 is 1.90 bits per heavy atom. The molecule has 1 nitrogen and oxygen atoms in total. The Labute approximate surface area is 288 Å². The van der Waals surface area contributed by atoms with Crippen molar-refractivity contribution in [3.8, 4) is 11.1 Å². The molecule has 0 radical (unpaired) electrons. The van der Waals surface area contributed by atoms with Gasteiger partial charge in [0, 0.05) is 17.1 Å². The van der Waals surface area contributed by atoms with Gasteiger partial charge in [-0.2, -0.15) is 0 Å². The average Bonchev–Trinajstić information content (AvgIpc) is 3.18. The second-order valence-electron chi connectivity index (χ2n) is 13.2. The zero-order valence-electron chi connectivity index (χ0n) is 27.1. The summed E-state index contributed by atoms with van der Waals surface area (Å²) in [7, 11) is -2.92. The second kappa shape index (κ2) is 11.1. The van der Waals surface area contributed by atoms with Gasteiger partial charge in [-0.15, -0.1) is 0 Å². The van der Waals surface area contributed by atoms with Gasteiger partial charge < -0.3 is 4.90 Å². The van der Waals surface area contributed by atoms with Gasteiger partial charge in [0.1, 0.15) is 0 Å². The van der Waals surface area contributed by atoms with Crippen LogP contribution in [0.15, 0.2) is 182 Å². The first-order chi connectivity index (χ1) is 24.3. The van der Waals surface area contributed by atoms with E-state index in [0.717, 1.165) is 6.42 Å². The fourth-order valence-electron chi connectivity index (χ4n) is 8.64. The average molecular weight is 640 g/mol. The van der Waals surface area contributed by atoms with Crippen LogP contribution in [-0.2, 0) is 6.42 Å². The van der Waals surface area contributed by atoms with Crippen molar-refractivity contribution in [2.24, 2.45) is 0 Å². The predicted molar refractivity (Wildman–Crippen MR) is 211 cm³/mol. The van der Waals surface area contributed by atoms with E-state index in [9.17, 15) is 0 Å². The van der Waals surface area contributed by atoms with Crippen LogP contribution in [-0.4, -0.2) is 8.07 Å². The minimum atomic E-state index is -2.92. The van der Waals surface area contributed by atoms with E-state index < -0.39 is 8.07 Å². The van der Waals surface area contributed by atoms with Crippen LogP contribution in [0.3, 0.4) is 0 Å². The van der Waals surface area contributed by atoms with E-state index in [1.165, 1.54) is 81.6 Å². The number of hydrogen-bond donors (Lipinski definition) is 0. The molecule has 0 saturated carbocycles. The highest BCUT2D eigenvalue weighted by Gasteiger charge is 2.50. The van der Waals surface area contributed by atoms with Gasteiger partial charge in [-0.1, -0.05) is 164 Å². The zero-order chi connectivity index (χ0) is 32.4. The van der Waals surface area contributed by atoms with Crippen molar-refractivity contribution in [1.82, 2.24) is 0 Å². The van der Waals surface area contributed by atoms with E-state index in [0.29, 0.717) is 0 Å². The molecule has 10 rings (SSSR count). The van der Waals surface area contributed by atoms with Crippen LogP contribution in [0, 0.1) is 0 Å². The molecule has 8 aromatic carbocycles. The molecule has 0 spiro atoms. The number of hydrogen-bond acceptors (Lipinski definition) is 1. The Hall–Kier alpha value is -5.96. The lowest BCUT2D eigenvalue weighted by molar-refractivity contribution is 1.26. The molecular weight excluding hydrogens is 607 g/mol. The molecule has 0 atom stereocenters. The van der Waals surface area contributed by atoms with Gasteiger partial charge in [-0.25, -0.2) is 0 Å². The van der Waals surface area contributed by atoms with Crippen molar-refractivity contribution in [2.45, 2.75) is 6.42 Å². The molecule has 2 aliphatic rings. The summed E-state index contributed by atoms with van der Waals surface area (Å²) in [6.07, 6.45) is 5.61. The van der Waals surface area contributed by atoms with E-state index in [1.54, 1.807) is 0 Å². The molecule has 8 aromatic rings. The number of fused-ring (bicyclic) bond motifs is 4. The Morgan fingerprint density at radius 1 is 0.469 bits per heavy atom. The lowest BCUT2D eigenvalue weighted by Crippen LogP contribution is -2.77. The molecule has 0 unspecified atom stereocenters. The van der Waals surface area contributed by atoms with Gasteiger partial charge in [-0.3, -0.25) is 0 Å². The highest BCUT2D eigenvalue weighted by atomic mass is 28.3. The van der Waals surface area contributed by atoms with Crippen molar-refractivity contribution in [3.05, 3.63) is 193 Å². The van der Waals surface area contributed by atoms with Gasteiger partial charge in [-0.05, 0) is 95.2 Å². The normalized spacial score (nSPS) is 14.1. The van der Waals surface area contributed by atoms with Crippen molar-refractivity contribution < 1.29 is 0 Å². The Bertz CT molecular complexity index is 2530. The van der Waals surface area contributed by atoms with E-state index in [1.807, 2.05) is 0 Å². The van der Waals surface area contributed by atoms with E-state index in [4.69, 9.17) is 0 Å². The van der Waals surface area contributed by atoms with E-state index in [-0.39, 0.29) is 0 Å². The quantitative estimate of drug-likeness (QED) is 0.174. The van der Waals surface area contributed by atoms with Gasteiger partial charge in [0.05, 0.1) is 0 Å². The van der Waals surface area contributed by atoms with Crippen LogP contribution in [0.25, 0.3) is 38.7 Å². The lowest BCUT2D eigenvalue weighted by atomic mass is 9.91. The molecule has 1 aliphatic carbocycles. The molecule has 0 bridgehead atoms. The zero-order valence-corrected chi connectivity index (χ0v) is 28.1. The maximum atomic E-state index is 2.57. The Kier molecular flexibility index (Phi) is 6.33. The highest BCUT2D eigenvalue weighted by Crippen LogP contribution is 2.44. The first-order valence-corrected chi connectivity index (χ1v) is 19.2. The summed E-state index contributed by atoms with van der Waals surface area (Å²) in [5, 5.41) is 10.9. The second-order valence-corrected chi connectivity index (χ2v) is 16.9. The van der Waals surface area contributed by atoms with Crippen LogP contribution in [0.4, 0.5) is 17.1 Å². The molecule has 0 aromatic heterocycles. The summed E-state index contributed by atoms with van der Waals surface area (Å²) in [5.41, 5.74) is 9.01. The number of allylic oxidation sites excluding steroid dienone is 1. The summed E-state index contributed by atoms with van der Waals surface area (Å²) in [6, 6.07) is 66.0. The Balaban J connectivity index is 1.42. The molecule has 0 saturated heterocycles. The highest BCUT2D eigenvalue weighted by molar-refractivity contribution is 7.21. The standard InChI is InChI=1S/C47H33NSi/c1-4-14-33(15-5-1)37-27-29-43-45(32-37)49(40-21-6-2-7-22-40,41-23-8-3-9-24-41)47-42-25-13-19-35-18-12-20-38(46(35)42)31-44(47)48(43)39-28-26-34-16-10-11-17-36(34)30-39/h1-24,26-32H,25H2. The smallest absolute Gasteiger partial charge is 0.184 e. The fourth-order valence-corrected chi connectivity index (χ4v) is 14.0. The third-order valence-electron chi connectivity index (χ3n) is 10.7. The number of rotatable bonds is 4. The maximum absolute atomic E-state index is 2.92. The largest absolute Gasteiger partial charge is 0.311 e. The third-order valence-corrected chi connectivity index (χ3v) is 15.6. The van der Waals surface area contributed by atoms with Gasteiger partial charge in [0.2, 0.25) is 0 Å². The SMILES string of the molecule is C1=Cc2cccc3cc4c(c(c23)C1)[Si](c1ccccc1)(c1ccccc1)c1cc(-c2ccccc2)ccc1N4c1ccc2ccccc2c1. The van der Waals surface area contributed by atoms with Gasteiger partial charge in [0.15, 0.2) is 8.07 Å². The van der Waals surface area contributed by atoms with E-state index in [2.05, 4.69) is 193 Å². The molecule has 0 N–H and O–H groups in total. The summed E-state index contributed by atoms with van der Waals surface area (Å²) < 4.78 is 0. The van der Waals surface area contributed by atoms with Gasteiger partial charge >= 0.3 is 0 Å². The summed E-state index contributed by atoms with van der Waals surface area (Å²) in [5.74, 6) is 0. The van der Waals surface area contributed by atoms with Crippen LogP contribution in [0.2, 0.25) is 0 Å². The first-order valence-electron chi connectivity index (χ1n) is 17.2. The van der Waals surface area contributed by atoms with Crippen molar-refractivity contribution in [3.63, 3.8) is 0 Å². The Morgan fingerprint density at radius 2 is 1.14 bits per heavy atom. The maximum Gasteiger partial charge on any atom is 0.184 e. The molecule has 230 valence electrons. The van der Waals surface area contributed by atoms with Crippen LogP contribution in [0.1, 0.15) is 11.1 Å². The van der Waals surface area contributed by atoms with Crippen LogP contribution >= 0.6 is 0 Å². The molecule has 49 heavy (non-hydrogen) atoms. The summed E-state index contributed by atoms with van der Waals surface area (Å²) in [4.78, 5) is 2.57. The van der Waals surface area contributed by atoms with Crippen LogP contribution < -0.4 is 25.6 Å². The predicted octanol–water partition coefficient (Wildman–Crippen LogP) is 9.39. The van der Waals surface area contributed by atoms with Crippen molar-refractivity contribution in [2.75, 3.05) is 4.90 Å². The number of benzene rings is 8. The number of anilines is 3. The topological polar surface area (TPSA) is 3.24 Å². The first kappa shape index (κ1) is 28.1. The summed E-state index contributed by atoms with van der Waals surface area (Å²) in [6.45, 7) is 0. The summed E-state index contributed by atoms with van der Waals surface area (Å²) >= 11 is 0. The third kappa shape index (κ3) is 4.18. The molecule has 2 heteroatoms. The molecule has 0 amide bonds. The van der Waals surface area contributed by atoms with Gasteiger partial charge in [0.25, 0.3) is 0 Å². The molecule has 1 heterocycles. The van der Waals surface area contributed by atoms with Crippen molar-refractivity contribution >= 4 is 73.5 Å². The minimum Gasteiger partial charge on any atom is -0.311 e. The molecule has 0 fully saturated rings. The molecule has 1 aliphatic heterocycles. The van der Waals surface area contributed by atoms with E-state index >= 15 is 0 Å². The monoisotopic (exact) mass is 639 g/mol. The number of nitrogens with zero attached hydrogens (tertiary/aromatic N) is 1. The molecular formula is C47H33NSi. The lowest BCUT2D eigenvalue weighted by Gasteiger charge is -2.47. The van der Waals surface area contributed by atoms with Crippen molar-refractivity contribution in [1.29, 1.82) is 0 Å². The minimum absolute atomic E-state index is 0.907.